The lowest BCUT2D eigenvalue weighted by atomic mass is 9.96. The van der Waals surface area contributed by atoms with Crippen molar-refractivity contribution in [2.45, 2.75) is 25.1 Å². The quantitative estimate of drug-likeness (QED) is 0.663. The van der Waals surface area contributed by atoms with Crippen molar-refractivity contribution in [3.05, 3.63) is 23.8 Å². The Bertz CT molecular complexity index is 515. The van der Waals surface area contributed by atoms with Crippen LogP contribution in [-0.4, -0.2) is 24.4 Å². The summed E-state index contributed by atoms with van der Waals surface area (Å²) in [5, 5.41) is 0. The van der Waals surface area contributed by atoms with E-state index in [4.69, 9.17) is 10.5 Å². The molecule has 0 aliphatic carbocycles. The van der Waals surface area contributed by atoms with Crippen LogP contribution < -0.4 is 10.5 Å². The van der Waals surface area contributed by atoms with Crippen molar-refractivity contribution in [3.8, 4) is 5.75 Å². The van der Waals surface area contributed by atoms with Crippen molar-refractivity contribution >= 4 is 11.7 Å². The monoisotopic (exact) mass is 275 g/mol. The highest BCUT2D eigenvalue weighted by Gasteiger charge is 2.67. The van der Waals surface area contributed by atoms with E-state index in [1.54, 1.807) is 0 Å². The Hall–Kier alpha value is -1.92. The molecule has 2 rings (SSSR count). The summed E-state index contributed by atoms with van der Waals surface area (Å²) in [6.45, 7) is 1.28. The van der Waals surface area contributed by atoms with Crippen molar-refractivity contribution < 1.29 is 27.4 Å². The molecule has 0 aromatic heterocycles. The minimum atomic E-state index is -4.87. The van der Waals surface area contributed by atoms with Crippen molar-refractivity contribution in [2.75, 3.05) is 12.3 Å². The predicted molar refractivity (Wildman–Crippen MR) is 60.6 cm³/mol. The molecule has 0 spiro atoms. The molecule has 19 heavy (non-hydrogen) atoms. The van der Waals surface area contributed by atoms with Gasteiger partial charge in [-0.15, -0.1) is 0 Å². The third-order valence-corrected chi connectivity index (χ3v) is 2.87. The minimum Gasteiger partial charge on any atom is -0.466 e. The normalized spacial score (nSPS) is 21.7. The Kier molecular flexibility index (Phi) is 3.07. The highest BCUT2D eigenvalue weighted by atomic mass is 19.4. The number of rotatable bonds is 2. The van der Waals surface area contributed by atoms with Crippen LogP contribution in [0.1, 0.15) is 12.5 Å². The van der Waals surface area contributed by atoms with E-state index in [9.17, 15) is 18.0 Å². The zero-order valence-corrected chi connectivity index (χ0v) is 10.1. The van der Waals surface area contributed by atoms with E-state index in [-0.39, 0.29) is 17.9 Å². The number of nitrogen functional groups attached to an aromatic ring is 1. The van der Waals surface area contributed by atoms with Gasteiger partial charge in [-0.1, -0.05) is 0 Å². The zero-order chi connectivity index (χ0) is 14.3. The second kappa shape index (κ2) is 4.32. The first-order valence-electron chi connectivity index (χ1n) is 5.61. The first-order valence-corrected chi connectivity index (χ1v) is 5.61. The number of ether oxygens (including phenoxy) is 2. The summed E-state index contributed by atoms with van der Waals surface area (Å²) < 4.78 is 49.0. The van der Waals surface area contributed by atoms with E-state index >= 15 is 0 Å². The second-order valence-corrected chi connectivity index (χ2v) is 4.19. The molecule has 0 fully saturated rings. The molecule has 1 aromatic carbocycles. The van der Waals surface area contributed by atoms with Gasteiger partial charge in [0.2, 0.25) is 0 Å². The number of carbonyl (C=O) groups excluding carboxylic acids is 1. The molecule has 1 unspecified atom stereocenters. The molecule has 4 nitrogen and oxygen atoms in total. The number of alkyl halides is 3. The fourth-order valence-electron chi connectivity index (χ4n) is 1.96. The summed E-state index contributed by atoms with van der Waals surface area (Å²) in [4.78, 5) is 11.7. The molecule has 0 saturated carbocycles. The summed E-state index contributed by atoms with van der Waals surface area (Å²) in [6, 6.07) is 4.09. The molecule has 1 atom stereocenters. The van der Waals surface area contributed by atoms with Crippen LogP contribution in [0.15, 0.2) is 18.2 Å². The van der Waals surface area contributed by atoms with Crippen molar-refractivity contribution in [2.24, 2.45) is 0 Å². The molecular weight excluding hydrogens is 263 g/mol. The molecule has 0 bridgehead atoms. The summed E-state index contributed by atoms with van der Waals surface area (Å²) in [6.07, 6.45) is -5.50. The fourth-order valence-corrected chi connectivity index (χ4v) is 1.96. The lowest BCUT2D eigenvalue weighted by Gasteiger charge is -2.28. The molecule has 1 aliphatic heterocycles. The number of hydrogen-bond acceptors (Lipinski definition) is 4. The van der Waals surface area contributed by atoms with E-state index in [1.165, 1.54) is 25.1 Å². The Balaban J connectivity index is 2.43. The van der Waals surface area contributed by atoms with Crippen LogP contribution in [0.5, 0.6) is 5.75 Å². The molecule has 0 saturated heterocycles. The van der Waals surface area contributed by atoms with Crippen LogP contribution >= 0.6 is 0 Å². The number of hydrogen-bond donors (Lipinski definition) is 1. The van der Waals surface area contributed by atoms with Crippen LogP contribution in [0, 0.1) is 0 Å². The Morgan fingerprint density at radius 2 is 2.21 bits per heavy atom. The maximum Gasteiger partial charge on any atom is 0.439 e. The van der Waals surface area contributed by atoms with Gasteiger partial charge in [0.05, 0.1) is 6.61 Å². The molecule has 1 aromatic rings. The topological polar surface area (TPSA) is 61.5 Å². The SMILES string of the molecule is CCOC(=O)C1(C(F)(F)F)Cc2cc(N)ccc2O1. The molecule has 2 N–H and O–H groups in total. The van der Waals surface area contributed by atoms with Gasteiger partial charge in [0.25, 0.3) is 0 Å². The summed E-state index contributed by atoms with van der Waals surface area (Å²) in [7, 11) is 0. The Morgan fingerprint density at radius 3 is 2.79 bits per heavy atom. The highest BCUT2D eigenvalue weighted by Crippen LogP contribution is 2.45. The van der Waals surface area contributed by atoms with E-state index in [0.29, 0.717) is 5.69 Å². The van der Waals surface area contributed by atoms with Gasteiger partial charge in [-0.3, -0.25) is 0 Å². The fraction of sp³-hybridized carbons (Fsp3) is 0.417. The van der Waals surface area contributed by atoms with Gasteiger partial charge in [0.15, 0.2) is 0 Å². The summed E-state index contributed by atoms with van der Waals surface area (Å²) >= 11 is 0. The van der Waals surface area contributed by atoms with Gasteiger partial charge in [0.1, 0.15) is 5.75 Å². The van der Waals surface area contributed by atoms with Gasteiger partial charge < -0.3 is 15.2 Å². The second-order valence-electron chi connectivity index (χ2n) is 4.19. The van der Waals surface area contributed by atoms with E-state index in [1.807, 2.05) is 0 Å². The number of benzene rings is 1. The van der Waals surface area contributed by atoms with Gasteiger partial charge in [-0.05, 0) is 25.1 Å². The summed E-state index contributed by atoms with van der Waals surface area (Å²) in [5.41, 5.74) is 3.09. The molecule has 104 valence electrons. The van der Waals surface area contributed by atoms with Gasteiger partial charge in [-0.25, -0.2) is 4.79 Å². The number of nitrogens with two attached hydrogens (primary N) is 1. The van der Waals surface area contributed by atoms with Gasteiger partial charge in [0, 0.05) is 17.7 Å². The Morgan fingerprint density at radius 1 is 1.53 bits per heavy atom. The molecule has 1 heterocycles. The summed E-state index contributed by atoms with van der Waals surface area (Å²) in [5.74, 6) is -1.43. The third kappa shape index (κ3) is 2.09. The number of anilines is 1. The standard InChI is InChI=1S/C12H12F3NO3/c1-2-18-10(17)11(12(13,14)15)6-7-5-8(16)3-4-9(7)19-11/h3-5H,2,6,16H2,1H3. The average molecular weight is 275 g/mol. The lowest BCUT2D eigenvalue weighted by molar-refractivity contribution is -0.248. The number of fused-ring (bicyclic) bond motifs is 1. The van der Waals surface area contributed by atoms with Crippen LogP contribution in [-0.2, 0) is 16.0 Å². The van der Waals surface area contributed by atoms with Crippen LogP contribution in [0.3, 0.4) is 0 Å². The van der Waals surface area contributed by atoms with Gasteiger partial charge in [-0.2, -0.15) is 13.2 Å². The first kappa shape index (κ1) is 13.5. The predicted octanol–water partition coefficient (Wildman–Crippen LogP) is 2.07. The molecule has 1 aliphatic rings. The lowest BCUT2D eigenvalue weighted by Crippen LogP contribution is -2.56. The molecule has 7 heteroatoms. The van der Waals surface area contributed by atoms with Crippen LogP contribution in [0.25, 0.3) is 0 Å². The molecule has 0 radical (unpaired) electrons. The third-order valence-electron chi connectivity index (χ3n) is 2.87. The maximum atomic E-state index is 13.2. The van der Waals surface area contributed by atoms with Crippen molar-refractivity contribution in [3.63, 3.8) is 0 Å². The zero-order valence-electron chi connectivity index (χ0n) is 10.1. The number of halogens is 3. The minimum absolute atomic E-state index is 0.000391. The van der Waals surface area contributed by atoms with E-state index < -0.39 is 24.2 Å². The average Bonchev–Trinajstić information content (AvgIpc) is 2.68. The first-order chi connectivity index (χ1) is 8.80. The number of carbonyl (C=O) groups is 1. The molecule has 0 amide bonds. The maximum absolute atomic E-state index is 13.2. The largest absolute Gasteiger partial charge is 0.466 e. The van der Waals surface area contributed by atoms with Gasteiger partial charge >= 0.3 is 17.7 Å². The van der Waals surface area contributed by atoms with E-state index in [2.05, 4.69) is 4.74 Å². The van der Waals surface area contributed by atoms with Crippen LogP contribution in [0.2, 0.25) is 0 Å². The van der Waals surface area contributed by atoms with E-state index in [0.717, 1.165) is 0 Å². The van der Waals surface area contributed by atoms with Crippen molar-refractivity contribution in [1.29, 1.82) is 0 Å². The van der Waals surface area contributed by atoms with Crippen LogP contribution in [0.4, 0.5) is 18.9 Å². The Labute approximate surface area is 107 Å². The smallest absolute Gasteiger partial charge is 0.439 e. The van der Waals surface area contributed by atoms with Crippen molar-refractivity contribution in [1.82, 2.24) is 0 Å². The highest BCUT2D eigenvalue weighted by molar-refractivity contribution is 5.83. The molecular formula is C12H12F3NO3. The number of esters is 1.